The summed E-state index contributed by atoms with van der Waals surface area (Å²) in [4.78, 5) is 25.3. The molecule has 19 heavy (non-hydrogen) atoms. The third-order valence-electron chi connectivity index (χ3n) is 4.77. The van der Waals surface area contributed by atoms with Crippen molar-refractivity contribution < 1.29 is 9.59 Å². The van der Waals surface area contributed by atoms with Gasteiger partial charge in [-0.05, 0) is 26.3 Å². The molecule has 5 nitrogen and oxygen atoms in total. The van der Waals surface area contributed by atoms with Crippen LogP contribution in [0.5, 0.6) is 0 Å². The maximum Gasteiger partial charge on any atom is 0.224 e. The van der Waals surface area contributed by atoms with Crippen molar-refractivity contribution in [1.29, 1.82) is 0 Å². The van der Waals surface area contributed by atoms with E-state index in [0.29, 0.717) is 25.9 Å². The summed E-state index contributed by atoms with van der Waals surface area (Å²) in [7, 11) is 1.95. The van der Waals surface area contributed by atoms with Crippen LogP contribution in [0.1, 0.15) is 44.9 Å². The molecule has 2 rings (SSSR count). The molecule has 1 heterocycles. The standard InChI is InChI=1S/C14H25N3O2/c1-16-14(6-3-2-4-7-14)9-12(18)17-8-5-11(10-17)13(15)19/h11,16H,2-10H2,1H3,(H2,15,19). The molecule has 1 unspecified atom stereocenters. The minimum absolute atomic E-state index is 0.0276. The molecule has 1 aliphatic heterocycles. The van der Waals surface area contributed by atoms with Gasteiger partial charge in [-0.15, -0.1) is 0 Å². The summed E-state index contributed by atoms with van der Waals surface area (Å²) in [5, 5.41) is 3.37. The third-order valence-corrected chi connectivity index (χ3v) is 4.77. The second kappa shape index (κ2) is 5.90. The summed E-state index contributed by atoms with van der Waals surface area (Å²) in [6, 6.07) is 0. The van der Waals surface area contributed by atoms with Crippen molar-refractivity contribution in [2.24, 2.45) is 11.7 Å². The first-order chi connectivity index (χ1) is 9.06. The molecular weight excluding hydrogens is 242 g/mol. The van der Waals surface area contributed by atoms with E-state index in [0.717, 1.165) is 12.8 Å². The number of nitrogens with zero attached hydrogens (tertiary/aromatic N) is 1. The monoisotopic (exact) mass is 267 g/mol. The van der Waals surface area contributed by atoms with E-state index in [1.807, 2.05) is 11.9 Å². The minimum Gasteiger partial charge on any atom is -0.369 e. The van der Waals surface area contributed by atoms with Crippen molar-refractivity contribution in [2.75, 3.05) is 20.1 Å². The zero-order valence-corrected chi connectivity index (χ0v) is 11.8. The SMILES string of the molecule is CNC1(CC(=O)N2CCC(C(N)=O)C2)CCCCC1. The highest BCUT2D eigenvalue weighted by molar-refractivity contribution is 5.81. The van der Waals surface area contributed by atoms with Gasteiger partial charge in [0.1, 0.15) is 0 Å². The highest BCUT2D eigenvalue weighted by atomic mass is 16.2. The molecule has 1 saturated carbocycles. The first kappa shape index (κ1) is 14.3. The number of rotatable bonds is 4. The summed E-state index contributed by atoms with van der Waals surface area (Å²) >= 11 is 0. The Morgan fingerprint density at radius 2 is 2.00 bits per heavy atom. The normalized spacial score (nSPS) is 26.4. The molecule has 0 aromatic rings. The van der Waals surface area contributed by atoms with E-state index in [4.69, 9.17) is 5.73 Å². The number of primary amides is 1. The largest absolute Gasteiger partial charge is 0.369 e. The van der Waals surface area contributed by atoms with Crippen LogP contribution in [-0.4, -0.2) is 42.4 Å². The van der Waals surface area contributed by atoms with Crippen molar-refractivity contribution >= 4 is 11.8 Å². The van der Waals surface area contributed by atoms with Crippen LogP contribution in [0.15, 0.2) is 0 Å². The van der Waals surface area contributed by atoms with Gasteiger partial charge in [0, 0.05) is 25.0 Å². The predicted molar refractivity (Wildman–Crippen MR) is 73.4 cm³/mol. The molecule has 0 spiro atoms. The van der Waals surface area contributed by atoms with Crippen molar-refractivity contribution in [3.8, 4) is 0 Å². The maximum absolute atomic E-state index is 12.4. The van der Waals surface area contributed by atoms with E-state index in [1.54, 1.807) is 0 Å². The van der Waals surface area contributed by atoms with Gasteiger partial charge in [-0.25, -0.2) is 0 Å². The molecule has 0 aromatic heterocycles. The fourth-order valence-electron chi connectivity index (χ4n) is 3.36. The Bertz CT molecular complexity index is 351. The van der Waals surface area contributed by atoms with Gasteiger partial charge >= 0.3 is 0 Å². The van der Waals surface area contributed by atoms with Crippen LogP contribution in [0.25, 0.3) is 0 Å². The number of likely N-dealkylation sites (tertiary alicyclic amines) is 1. The molecule has 2 aliphatic rings. The number of amides is 2. The molecule has 1 saturated heterocycles. The second-order valence-corrected chi connectivity index (χ2v) is 6.00. The van der Waals surface area contributed by atoms with Gasteiger partial charge in [-0.3, -0.25) is 9.59 Å². The lowest BCUT2D eigenvalue weighted by molar-refractivity contribution is -0.132. The third kappa shape index (κ3) is 3.26. The van der Waals surface area contributed by atoms with E-state index in [2.05, 4.69) is 5.32 Å². The predicted octanol–water partition coefficient (Wildman–Crippen LogP) is 0.633. The Labute approximate surface area is 114 Å². The number of carbonyl (C=O) groups excluding carboxylic acids is 2. The zero-order chi connectivity index (χ0) is 13.9. The van der Waals surface area contributed by atoms with Gasteiger partial charge in [0.25, 0.3) is 0 Å². The first-order valence-electron chi connectivity index (χ1n) is 7.32. The van der Waals surface area contributed by atoms with Crippen LogP contribution >= 0.6 is 0 Å². The van der Waals surface area contributed by atoms with E-state index in [1.165, 1.54) is 19.3 Å². The van der Waals surface area contributed by atoms with Gasteiger partial charge in [0.15, 0.2) is 0 Å². The second-order valence-electron chi connectivity index (χ2n) is 6.00. The van der Waals surface area contributed by atoms with Crippen molar-refractivity contribution in [3.05, 3.63) is 0 Å². The molecule has 3 N–H and O–H groups in total. The van der Waals surface area contributed by atoms with Crippen LogP contribution < -0.4 is 11.1 Å². The summed E-state index contributed by atoms with van der Waals surface area (Å²) in [5.74, 6) is -0.267. The Morgan fingerprint density at radius 3 is 2.53 bits per heavy atom. The van der Waals surface area contributed by atoms with Crippen molar-refractivity contribution in [1.82, 2.24) is 10.2 Å². The van der Waals surface area contributed by atoms with Gasteiger partial charge in [-0.2, -0.15) is 0 Å². The van der Waals surface area contributed by atoms with Crippen molar-refractivity contribution in [3.63, 3.8) is 0 Å². The Hall–Kier alpha value is -1.10. The first-order valence-corrected chi connectivity index (χ1v) is 7.32. The number of hydrogen-bond acceptors (Lipinski definition) is 3. The van der Waals surface area contributed by atoms with Gasteiger partial charge < -0.3 is 16.0 Å². The van der Waals surface area contributed by atoms with E-state index >= 15 is 0 Å². The van der Waals surface area contributed by atoms with Crippen molar-refractivity contribution in [2.45, 2.75) is 50.5 Å². The summed E-state index contributed by atoms with van der Waals surface area (Å²) in [5.41, 5.74) is 5.28. The fraction of sp³-hybridized carbons (Fsp3) is 0.857. The maximum atomic E-state index is 12.4. The molecule has 1 aliphatic carbocycles. The van der Waals surface area contributed by atoms with Crippen LogP contribution in [0, 0.1) is 5.92 Å². The van der Waals surface area contributed by atoms with Crippen LogP contribution in [0.4, 0.5) is 0 Å². The number of carbonyl (C=O) groups is 2. The van der Waals surface area contributed by atoms with Gasteiger partial charge in [-0.1, -0.05) is 19.3 Å². The summed E-state index contributed by atoms with van der Waals surface area (Å²) < 4.78 is 0. The molecular formula is C14H25N3O2. The lowest BCUT2D eigenvalue weighted by atomic mass is 9.79. The number of hydrogen-bond donors (Lipinski definition) is 2. The highest BCUT2D eigenvalue weighted by Crippen LogP contribution is 2.32. The molecule has 0 bridgehead atoms. The topological polar surface area (TPSA) is 75.4 Å². The molecule has 0 aromatic carbocycles. The highest BCUT2D eigenvalue weighted by Gasteiger charge is 2.36. The number of nitrogens with one attached hydrogen (secondary N) is 1. The van der Waals surface area contributed by atoms with E-state index in [-0.39, 0.29) is 23.3 Å². The number of nitrogens with two attached hydrogens (primary N) is 1. The fourth-order valence-corrected chi connectivity index (χ4v) is 3.36. The molecule has 0 radical (unpaired) electrons. The van der Waals surface area contributed by atoms with Crippen LogP contribution in [0.2, 0.25) is 0 Å². The molecule has 1 atom stereocenters. The lowest BCUT2D eigenvalue weighted by Gasteiger charge is -2.37. The summed E-state index contributed by atoms with van der Waals surface area (Å²) in [6.45, 7) is 1.18. The molecule has 5 heteroatoms. The average molecular weight is 267 g/mol. The average Bonchev–Trinajstić information content (AvgIpc) is 2.89. The van der Waals surface area contributed by atoms with Gasteiger partial charge in [0.2, 0.25) is 11.8 Å². The van der Waals surface area contributed by atoms with Crippen LogP contribution in [0.3, 0.4) is 0 Å². The molecule has 2 amide bonds. The van der Waals surface area contributed by atoms with E-state index < -0.39 is 0 Å². The quantitative estimate of drug-likeness (QED) is 0.784. The Kier molecular flexibility index (Phi) is 4.45. The lowest BCUT2D eigenvalue weighted by Crippen LogP contribution is -2.48. The summed E-state index contributed by atoms with van der Waals surface area (Å²) in [6.07, 6.45) is 7.06. The smallest absolute Gasteiger partial charge is 0.224 e. The minimum atomic E-state index is -0.281. The van der Waals surface area contributed by atoms with E-state index in [9.17, 15) is 9.59 Å². The molecule has 2 fully saturated rings. The van der Waals surface area contributed by atoms with Crippen LogP contribution in [-0.2, 0) is 9.59 Å². The zero-order valence-electron chi connectivity index (χ0n) is 11.8. The Morgan fingerprint density at radius 1 is 1.32 bits per heavy atom. The molecule has 108 valence electrons. The van der Waals surface area contributed by atoms with Gasteiger partial charge in [0.05, 0.1) is 5.92 Å². The Balaban J connectivity index is 1.91.